The van der Waals surface area contributed by atoms with Crippen LogP contribution in [0.1, 0.15) is 25.7 Å². The molecule has 112 valence electrons. The Bertz CT molecular complexity index is 505. The first-order valence-electron chi connectivity index (χ1n) is 6.68. The fraction of sp³-hybridized carbons (Fsp3) is 1.00. The van der Waals surface area contributed by atoms with E-state index in [4.69, 9.17) is 0 Å². The number of hydrogen-bond acceptors (Lipinski definition) is 5. The molecule has 0 aromatic rings. The summed E-state index contributed by atoms with van der Waals surface area (Å²) in [7, 11) is -6.71. The van der Waals surface area contributed by atoms with Gasteiger partial charge in [0.1, 0.15) is 9.84 Å². The molecule has 0 radical (unpaired) electrons. The van der Waals surface area contributed by atoms with Crippen LogP contribution in [0.15, 0.2) is 0 Å². The number of nitrogens with zero attached hydrogens (tertiary/aromatic N) is 1. The third kappa shape index (κ3) is 4.70. The molecule has 0 aromatic heterocycles. The average Bonchev–Trinajstić information content (AvgIpc) is 2.99. The Morgan fingerprint density at radius 3 is 2.26 bits per heavy atom. The van der Waals surface area contributed by atoms with Gasteiger partial charge in [-0.1, -0.05) is 0 Å². The number of sulfonamides is 1. The van der Waals surface area contributed by atoms with E-state index < -0.39 is 19.9 Å². The first-order chi connectivity index (χ1) is 8.78. The molecule has 0 aromatic carbocycles. The Kier molecular flexibility index (Phi) is 4.54. The Hall–Kier alpha value is -0.180. The minimum Gasteiger partial charge on any atom is -0.313 e. The fourth-order valence-electron chi connectivity index (χ4n) is 2.36. The Morgan fingerprint density at radius 1 is 1.11 bits per heavy atom. The van der Waals surface area contributed by atoms with Crippen LogP contribution >= 0.6 is 0 Å². The molecule has 2 aliphatic rings. The average molecular weight is 310 g/mol. The largest absolute Gasteiger partial charge is 0.313 e. The molecular weight excluding hydrogens is 288 g/mol. The third-order valence-electron chi connectivity index (χ3n) is 3.59. The van der Waals surface area contributed by atoms with Crippen LogP contribution in [-0.4, -0.2) is 64.1 Å². The molecule has 19 heavy (non-hydrogen) atoms. The van der Waals surface area contributed by atoms with Crippen molar-refractivity contribution in [3.8, 4) is 0 Å². The summed E-state index contributed by atoms with van der Waals surface area (Å²) in [5, 5.41) is 3.29. The second kappa shape index (κ2) is 5.67. The van der Waals surface area contributed by atoms with Crippen molar-refractivity contribution >= 4 is 19.9 Å². The third-order valence-corrected chi connectivity index (χ3v) is 6.67. The van der Waals surface area contributed by atoms with Crippen molar-refractivity contribution in [2.24, 2.45) is 0 Å². The van der Waals surface area contributed by atoms with Crippen LogP contribution in [0.2, 0.25) is 0 Å². The molecule has 1 aliphatic carbocycles. The zero-order valence-electron chi connectivity index (χ0n) is 11.2. The minimum atomic E-state index is -3.47. The SMILES string of the molecule is CS(=O)(=O)CCS(=O)(=O)N(CC1CCCN1)C1CC1. The molecule has 0 bridgehead atoms. The zero-order chi connectivity index (χ0) is 14.1. The van der Waals surface area contributed by atoms with Gasteiger partial charge in [0.25, 0.3) is 0 Å². The van der Waals surface area contributed by atoms with Gasteiger partial charge in [-0.15, -0.1) is 0 Å². The predicted molar refractivity (Wildman–Crippen MR) is 74.3 cm³/mol. The van der Waals surface area contributed by atoms with Crippen molar-refractivity contribution in [2.45, 2.75) is 37.8 Å². The van der Waals surface area contributed by atoms with E-state index in [0.717, 1.165) is 38.5 Å². The standard InChI is InChI=1S/C11H22N2O4S2/c1-18(14,15)7-8-19(16,17)13(11-4-5-11)9-10-3-2-6-12-10/h10-12H,2-9H2,1H3. The smallest absolute Gasteiger partial charge is 0.215 e. The lowest BCUT2D eigenvalue weighted by molar-refractivity contribution is 0.363. The summed E-state index contributed by atoms with van der Waals surface area (Å²) in [4.78, 5) is 0. The molecule has 1 saturated carbocycles. The van der Waals surface area contributed by atoms with Gasteiger partial charge in [-0.25, -0.2) is 16.8 Å². The molecule has 6 nitrogen and oxygen atoms in total. The van der Waals surface area contributed by atoms with Gasteiger partial charge < -0.3 is 5.32 Å². The van der Waals surface area contributed by atoms with Crippen LogP contribution in [0.25, 0.3) is 0 Å². The van der Waals surface area contributed by atoms with Crippen molar-refractivity contribution in [1.29, 1.82) is 0 Å². The van der Waals surface area contributed by atoms with Gasteiger partial charge in [0.05, 0.1) is 11.5 Å². The molecule has 8 heteroatoms. The lowest BCUT2D eigenvalue weighted by Crippen LogP contribution is -2.44. The topological polar surface area (TPSA) is 83.5 Å². The van der Waals surface area contributed by atoms with Crippen molar-refractivity contribution < 1.29 is 16.8 Å². The van der Waals surface area contributed by atoms with Crippen molar-refractivity contribution in [2.75, 3.05) is 30.9 Å². The normalized spacial score (nSPS) is 25.1. The first-order valence-corrected chi connectivity index (χ1v) is 10.4. The molecule has 1 aliphatic heterocycles. The minimum absolute atomic E-state index is 0.0898. The molecule has 1 heterocycles. The van der Waals surface area contributed by atoms with Gasteiger partial charge in [-0.05, 0) is 32.2 Å². The number of hydrogen-bond donors (Lipinski definition) is 1. The van der Waals surface area contributed by atoms with Crippen LogP contribution in [0.4, 0.5) is 0 Å². The maximum absolute atomic E-state index is 12.3. The van der Waals surface area contributed by atoms with E-state index >= 15 is 0 Å². The van der Waals surface area contributed by atoms with E-state index in [1.54, 1.807) is 0 Å². The summed E-state index contributed by atoms with van der Waals surface area (Å²) in [6.07, 6.45) is 4.93. The van der Waals surface area contributed by atoms with Crippen LogP contribution in [0.5, 0.6) is 0 Å². The lowest BCUT2D eigenvalue weighted by atomic mass is 10.2. The molecule has 1 N–H and O–H groups in total. The highest BCUT2D eigenvalue weighted by atomic mass is 32.2. The second-order valence-corrected chi connectivity index (χ2v) is 9.84. The summed E-state index contributed by atoms with van der Waals surface area (Å²) in [6, 6.07) is 0.306. The molecule has 2 fully saturated rings. The van der Waals surface area contributed by atoms with Crippen molar-refractivity contribution in [1.82, 2.24) is 9.62 Å². The first kappa shape index (κ1) is 15.2. The van der Waals surface area contributed by atoms with E-state index in [-0.39, 0.29) is 23.6 Å². The Labute approximate surface area is 115 Å². The molecule has 0 spiro atoms. The van der Waals surface area contributed by atoms with Gasteiger partial charge >= 0.3 is 0 Å². The maximum Gasteiger partial charge on any atom is 0.215 e. The van der Waals surface area contributed by atoms with Crippen LogP contribution < -0.4 is 5.32 Å². The highest BCUT2D eigenvalue weighted by Gasteiger charge is 2.38. The predicted octanol–water partition coefficient (Wildman–Crippen LogP) is -0.423. The second-order valence-electron chi connectivity index (χ2n) is 5.54. The maximum atomic E-state index is 12.3. The molecule has 1 unspecified atom stereocenters. The summed E-state index contributed by atoms with van der Waals surface area (Å²) in [6.45, 7) is 1.42. The van der Waals surface area contributed by atoms with Crippen LogP contribution in [0.3, 0.4) is 0 Å². The highest BCUT2D eigenvalue weighted by molar-refractivity contribution is 7.93. The van der Waals surface area contributed by atoms with Gasteiger partial charge in [0, 0.05) is 24.9 Å². The van der Waals surface area contributed by atoms with Crippen LogP contribution in [0, 0.1) is 0 Å². The van der Waals surface area contributed by atoms with Gasteiger partial charge in [0.2, 0.25) is 10.0 Å². The molecule has 2 rings (SSSR count). The van der Waals surface area contributed by atoms with Crippen molar-refractivity contribution in [3.05, 3.63) is 0 Å². The highest BCUT2D eigenvalue weighted by Crippen LogP contribution is 2.30. The monoisotopic (exact) mass is 310 g/mol. The Morgan fingerprint density at radius 2 is 1.79 bits per heavy atom. The summed E-state index contributed by atoms with van der Waals surface area (Å²) >= 11 is 0. The fourth-order valence-corrected chi connectivity index (χ4v) is 5.72. The molecular formula is C11H22N2O4S2. The quantitative estimate of drug-likeness (QED) is 0.690. The van der Waals surface area contributed by atoms with Crippen molar-refractivity contribution in [3.63, 3.8) is 0 Å². The Balaban J connectivity index is 2.00. The van der Waals surface area contributed by atoms with E-state index in [1.807, 2.05) is 0 Å². The number of rotatable bonds is 7. The van der Waals surface area contributed by atoms with Gasteiger partial charge in [-0.2, -0.15) is 4.31 Å². The number of sulfone groups is 1. The summed E-state index contributed by atoms with van der Waals surface area (Å²) < 4.78 is 48.4. The van der Waals surface area contributed by atoms with E-state index in [1.165, 1.54) is 4.31 Å². The van der Waals surface area contributed by atoms with E-state index in [2.05, 4.69) is 5.32 Å². The summed E-state index contributed by atoms with van der Waals surface area (Å²) in [5.74, 6) is -0.592. The summed E-state index contributed by atoms with van der Waals surface area (Å²) in [5.41, 5.74) is 0. The molecule has 1 atom stereocenters. The molecule has 0 amide bonds. The van der Waals surface area contributed by atoms with E-state index in [9.17, 15) is 16.8 Å². The lowest BCUT2D eigenvalue weighted by Gasteiger charge is -2.25. The molecule has 1 saturated heterocycles. The zero-order valence-corrected chi connectivity index (χ0v) is 12.8. The number of nitrogens with one attached hydrogen (secondary N) is 1. The van der Waals surface area contributed by atoms with E-state index in [0.29, 0.717) is 6.54 Å². The van der Waals surface area contributed by atoms with Gasteiger partial charge in [-0.3, -0.25) is 0 Å². The van der Waals surface area contributed by atoms with Crippen LogP contribution in [-0.2, 0) is 19.9 Å². The van der Waals surface area contributed by atoms with Gasteiger partial charge in [0.15, 0.2) is 0 Å².